The van der Waals surface area contributed by atoms with Crippen molar-refractivity contribution in [2.45, 2.75) is 0 Å². The van der Waals surface area contributed by atoms with Crippen LogP contribution in [0.1, 0.15) is 0 Å². The summed E-state index contributed by atoms with van der Waals surface area (Å²) in [4.78, 5) is 13.8. The largest absolute Gasteiger partial charge is 0.367 e. The van der Waals surface area contributed by atoms with Gasteiger partial charge in [-0.3, -0.25) is 10.1 Å². The van der Waals surface area contributed by atoms with E-state index in [0.29, 0.717) is 5.82 Å². The van der Waals surface area contributed by atoms with Gasteiger partial charge in [0.15, 0.2) is 0 Å². The zero-order valence-corrected chi connectivity index (χ0v) is 6.94. The summed E-state index contributed by atoms with van der Waals surface area (Å²) in [5.41, 5.74) is 2.21. The standard InChI is InChI=1S/C6H9N5O2/c1-8-6-4(11(12)13)2-3-5(9-6)10-7/h2-3H,7H2,1H3,(H2,8,9,10). The third-order valence-electron chi connectivity index (χ3n) is 1.46. The molecule has 0 aliphatic carbocycles. The number of anilines is 2. The number of nitrogens with one attached hydrogen (secondary N) is 2. The lowest BCUT2D eigenvalue weighted by Gasteiger charge is -2.03. The quantitative estimate of drug-likeness (QED) is 0.354. The van der Waals surface area contributed by atoms with Gasteiger partial charge < -0.3 is 10.7 Å². The fourth-order valence-corrected chi connectivity index (χ4v) is 0.863. The second-order valence-electron chi connectivity index (χ2n) is 2.22. The van der Waals surface area contributed by atoms with Gasteiger partial charge in [0.05, 0.1) is 4.92 Å². The number of nitrogen functional groups attached to an aromatic ring is 1. The number of nitro groups is 1. The van der Waals surface area contributed by atoms with E-state index < -0.39 is 4.92 Å². The molecule has 1 aromatic rings. The molecule has 1 rings (SSSR count). The van der Waals surface area contributed by atoms with E-state index in [-0.39, 0.29) is 11.5 Å². The minimum atomic E-state index is -0.515. The molecule has 70 valence electrons. The van der Waals surface area contributed by atoms with E-state index in [0.717, 1.165) is 0 Å². The van der Waals surface area contributed by atoms with Gasteiger partial charge in [0.1, 0.15) is 5.82 Å². The fraction of sp³-hybridized carbons (Fsp3) is 0.167. The van der Waals surface area contributed by atoms with Crippen molar-refractivity contribution in [3.63, 3.8) is 0 Å². The summed E-state index contributed by atoms with van der Waals surface area (Å²) in [5, 5.41) is 13.1. The zero-order valence-electron chi connectivity index (χ0n) is 6.94. The van der Waals surface area contributed by atoms with Crippen molar-refractivity contribution in [2.75, 3.05) is 17.8 Å². The molecule has 0 saturated carbocycles. The zero-order chi connectivity index (χ0) is 9.84. The molecule has 13 heavy (non-hydrogen) atoms. The molecule has 0 atom stereocenters. The molecule has 0 radical (unpaired) electrons. The maximum absolute atomic E-state index is 10.5. The van der Waals surface area contributed by atoms with Crippen LogP contribution in [0.3, 0.4) is 0 Å². The Labute approximate surface area is 74.1 Å². The number of hydrazine groups is 1. The van der Waals surface area contributed by atoms with Crippen molar-refractivity contribution in [3.8, 4) is 0 Å². The predicted molar refractivity (Wildman–Crippen MR) is 48.2 cm³/mol. The Bertz CT molecular complexity index is 327. The van der Waals surface area contributed by atoms with Gasteiger partial charge in [-0.15, -0.1) is 0 Å². The highest BCUT2D eigenvalue weighted by molar-refractivity contribution is 5.59. The fourth-order valence-electron chi connectivity index (χ4n) is 0.863. The van der Waals surface area contributed by atoms with Gasteiger partial charge in [-0.2, -0.15) is 0 Å². The average Bonchev–Trinajstić information content (AvgIpc) is 2.16. The molecule has 7 heteroatoms. The maximum atomic E-state index is 10.5. The van der Waals surface area contributed by atoms with Crippen LogP contribution in [0.15, 0.2) is 12.1 Å². The summed E-state index contributed by atoms with van der Waals surface area (Å²) in [7, 11) is 1.55. The summed E-state index contributed by atoms with van der Waals surface area (Å²) in [6.45, 7) is 0. The number of rotatable bonds is 3. The van der Waals surface area contributed by atoms with Gasteiger partial charge in [0.2, 0.25) is 5.82 Å². The molecule has 0 spiro atoms. The lowest BCUT2D eigenvalue weighted by molar-refractivity contribution is -0.384. The molecule has 0 aliphatic rings. The van der Waals surface area contributed by atoms with Gasteiger partial charge >= 0.3 is 5.69 Å². The monoisotopic (exact) mass is 183 g/mol. The predicted octanol–water partition coefficient (Wildman–Crippen LogP) is 0.317. The number of aromatic nitrogens is 1. The van der Waals surface area contributed by atoms with E-state index in [1.165, 1.54) is 12.1 Å². The molecule has 4 N–H and O–H groups in total. The Kier molecular flexibility index (Phi) is 2.60. The van der Waals surface area contributed by atoms with E-state index in [2.05, 4.69) is 15.7 Å². The third kappa shape index (κ3) is 1.82. The van der Waals surface area contributed by atoms with Crippen LogP contribution in [0.5, 0.6) is 0 Å². The lowest BCUT2D eigenvalue weighted by atomic mass is 10.4. The number of pyridine rings is 1. The van der Waals surface area contributed by atoms with Crippen LogP contribution in [0.2, 0.25) is 0 Å². The molecule has 1 aromatic heterocycles. The van der Waals surface area contributed by atoms with Crippen LogP contribution in [0.4, 0.5) is 17.3 Å². The number of hydrogen-bond donors (Lipinski definition) is 3. The van der Waals surface area contributed by atoms with E-state index in [9.17, 15) is 10.1 Å². The van der Waals surface area contributed by atoms with Crippen molar-refractivity contribution < 1.29 is 4.92 Å². The molecule has 0 aromatic carbocycles. The second kappa shape index (κ2) is 3.68. The average molecular weight is 183 g/mol. The van der Waals surface area contributed by atoms with Gasteiger partial charge in [-0.05, 0) is 6.07 Å². The Morgan fingerprint density at radius 1 is 1.62 bits per heavy atom. The number of nitrogens with two attached hydrogens (primary N) is 1. The maximum Gasteiger partial charge on any atom is 0.311 e. The first-order valence-electron chi connectivity index (χ1n) is 3.49. The van der Waals surface area contributed by atoms with E-state index >= 15 is 0 Å². The summed E-state index contributed by atoms with van der Waals surface area (Å²) >= 11 is 0. The molecular formula is C6H9N5O2. The highest BCUT2D eigenvalue weighted by Crippen LogP contribution is 2.22. The van der Waals surface area contributed by atoms with E-state index in [1.807, 2.05) is 0 Å². The first-order chi connectivity index (χ1) is 6.19. The van der Waals surface area contributed by atoms with Gasteiger partial charge in [-0.1, -0.05) is 0 Å². The third-order valence-corrected chi connectivity index (χ3v) is 1.46. The molecule has 1 heterocycles. The molecule has 0 aliphatic heterocycles. The van der Waals surface area contributed by atoms with Crippen LogP contribution in [-0.2, 0) is 0 Å². The van der Waals surface area contributed by atoms with Crippen molar-refractivity contribution in [2.24, 2.45) is 5.84 Å². The first-order valence-corrected chi connectivity index (χ1v) is 3.49. The molecule has 0 bridgehead atoms. The normalized spacial score (nSPS) is 9.38. The molecule has 0 unspecified atom stereocenters. The van der Waals surface area contributed by atoms with Gasteiger partial charge in [0.25, 0.3) is 0 Å². The Morgan fingerprint density at radius 3 is 2.77 bits per heavy atom. The lowest BCUT2D eigenvalue weighted by Crippen LogP contribution is -2.10. The van der Waals surface area contributed by atoms with Gasteiger partial charge in [0, 0.05) is 13.1 Å². The Hall–Kier alpha value is -1.89. The number of nitrogens with zero attached hydrogens (tertiary/aromatic N) is 2. The molecular weight excluding hydrogens is 174 g/mol. The minimum Gasteiger partial charge on any atom is -0.367 e. The van der Waals surface area contributed by atoms with E-state index in [1.54, 1.807) is 7.05 Å². The summed E-state index contributed by atoms with van der Waals surface area (Å²) < 4.78 is 0. The van der Waals surface area contributed by atoms with Gasteiger partial charge in [-0.25, -0.2) is 10.8 Å². The topological polar surface area (TPSA) is 106 Å². The van der Waals surface area contributed by atoms with Crippen LogP contribution in [0.25, 0.3) is 0 Å². The van der Waals surface area contributed by atoms with Crippen LogP contribution in [0, 0.1) is 10.1 Å². The van der Waals surface area contributed by atoms with Crippen molar-refractivity contribution in [3.05, 3.63) is 22.2 Å². The Balaban J connectivity index is 3.15. The Morgan fingerprint density at radius 2 is 2.31 bits per heavy atom. The molecule has 0 fully saturated rings. The van der Waals surface area contributed by atoms with E-state index in [4.69, 9.17) is 5.84 Å². The second-order valence-corrected chi connectivity index (χ2v) is 2.22. The van der Waals surface area contributed by atoms with Crippen LogP contribution in [-0.4, -0.2) is 17.0 Å². The highest BCUT2D eigenvalue weighted by atomic mass is 16.6. The highest BCUT2D eigenvalue weighted by Gasteiger charge is 2.13. The summed E-state index contributed by atoms with van der Waals surface area (Å²) in [6.07, 6.45) is 0. The van der Waals surface area contributed by atoms with Crippen molar-refractivity contribution in [1.82, 2.24) is 4.98 Å². The minimum absolute atomic E-state index is 0.0819. The van der Waals surface area contributed by atoms with Crippen LogP contribution >= 0.6 is 0 Å². The molecule has 0 saturated heterocycles. The SMILES string of the molecule is CNc1nc(NN)ccc1[N+](=O)[O-]. The van der Waals surface area contributed by atoms with Crippen molar-refractivity contribution >= 4 is 17.3 Å². The summed E-state index contributed by atoms with van der Waals surface area (Å²) in [5.74, 6) is 5.64. The molecule has 7 nitrogen and oxygen atoms in total. The smallest absolute Gasteiger partial charge is 0.311 e. The molecule has 0 amide bonds. The van der Waals surface area contributed by atoms with Crippen LogP contribution < -0.4 is 16.6 Å². The number of hydrogen-bond acceptors (Lipinski definition) is 6. The van der Waals surface area contributed by atoms with Crippen molar-refractivity contribution in [1.29, 1.82) is 0 Å². The summed E-state index contributed by atoms with van der Waals surface area (Å²) in [6, 6.07) is 2.76. The first kappa shape index (κ1) is 9.20.